The topological polar surface area (TPSA) is 74.5 Å². The molecule has 0 unspecified atom stereocenters. The summed E-state index contributed by atoms with van der Waals surface area (Å²) in [7, 11) is 0. The van der Waals surface area contributed by atoms with Crippen molar-refractivity contribution in [2.75, 3.05) is 36.4 Å². The van der Waals surface area contributed by atoms with Gasteiger partial charge >= 0.3 is 0 Å². The van der Waals surface area contributed by atoms with E-state index in [1.807, 2.05) is 24.0 Å². The van der Waals surface area contributed by atoms with E-state index in [0.29, 0.717) is 37.9 Å². The van der Waals surface area contributed by atoms with Gasteiger partial charge < -0.3 is 19.5 Å². The van der Waals surface area contributed by atoms with E-state index in [1.54, 1.807) is 12.1 Å². The van der Waals surface area contributed by atoms with E-state index < -0.39 is 0 Å². The predicted octanol–water partition coefficient (Wildman–Crippen LogP) is 3.70. The monoisotopic (exact) mass is 391 g/mol. The third-order valence-corrected chi connectivity index (χ3v) is 5.18. The molecule has 0 radical (unpaired) electrons. The first-order valence-corrected chi connectivity index (χ1v) is 9.78. The van der Waals surface area contributed by atoms with Crippen molar-refractivity contribution in [1.29, 1.82) is 0 Å². The summed E-state index contributed by atoms with van der Waals surface area (Å²) < 4.78 is 5.23. The third-order valence-electron chi connectivity index (χ3n) is 5.18. The summed E-state index contributed by atoms with van der Waals surface area (Å²) in [5.41, 5.74) is 4.25. The molecule has 1 saturated heterocycles. The minimum atomic E-state index is -0.0640. The number of anilines is 3. The molecule has 3 aromatic rings. The second kappa shape index (κ2) is 7.95. The first-order chi connectivity index (χ1) is 14.0. The molecule has 0 atom stereocenters. The van der Waals surface area contributed by atoms with Gasteiger partial charge in [0.05, 0.1) is 6.26 Å². The van der Waals surface area contributed by atoms with Crippen LogP contribution in [0, 0.1) is 20.8 Å². The number of carbonyl (C=O) groups is 1. The van der Waals surface area contributed by atoms with E-state index in [9.17, 15) is 4.79 Å². The highest BCUT2D eigenvalue weighted by atomic mass is 16.3. The third kappa shape index (κ3) is 4.08. The Hall–Kier alpha value is -3.35. The number of hydrogen-bond donors (Lipinski definition) is 1. The van der Waals surface area contributed by atoms with Crippen molar-refractivity contribution in [3.8, 4) is 0 Å². The van der Waals surface area contributed by atoms with Crippen molar-refractivity contribution in [3.63, 3.8) is 0 Å². The molecule has 1 amide bonds. The first kappa shape index (κ1) is 19.0. The number of hydrogen-bond acceptors (Lipinski definition) is 6. The molecule has 4 rings (SSSR count). The van der Waals surface area contributed by atoms with Crippen molar-refractivity contribution in [2.24, 2.45) is 0 Å². The molecule has 0 spiro atoms. The van der Waals surface area contributed by atoms with Gasteiger partial charge in [-0.25, -0.2) is 4.98 Å². The Balaban J connectivity index is 1.48. The highest BCUT2D eigenvalue weighted by Crippen LogP contribution is 2.24. The van der Waals surface area contributed by atoms with Crippen LogP contribution in [0.25, 0.3) is 0 Å². The Bertz CT molecular complexity index is 988. The summed E-state index contributed by atoms with van der Waals surface area (Å²) in [6.45, 7) is 8.79. The molecular weight excluding hydrogens is 366 g/mol. The number of benzene rings is 1. The van der Waals surface area contributed by atoms with Gasteiger partial charge in [0.15, 0.2) is 5.76 Å². The van der Waals surface area contributed by atoms with E-state index in [0.717, 1.165) is 28.3 Å². The molecule has 1 fully saturated rings. The summed E-state index contributed by atoms with van der Waals surface area (Å²) >= 11 is 0. The molecule has 3 heterocycles. The minimum absolute atomic E-state index is 0.0640. The zero-order valence-electron chi connectivity index (χ0n) is 17.0. The van der Waals surface area contributed by atoms with Crippen LogP contribution >= 0.6 is 0 Å². The van der Waals surface area contributed by atoms with Crippen LogP contribution in [-0.4, -0.2) is 47.0 Å². The average molecular weight is 391 g/mol. The molecule has 0 aliphatic carbocycles. The minimum Gasteiger partial charge on any atom is -0.459 e. The quantitative estimate of drug-likeness (QED) is 0.731. The van der Waals surface area contributed by atoms with Crippen LogP contribution in [0.5, 0.6) is 0 Å². The second-order valence-electron chi connectivity index (χ2n) is 7.34. The normalized spacial score (nSPS) is 14.2. The molecule has 29 heavy (non-hydrogen) atoms. The number of rotatable bonds is 4. The fourth-order valence-corrected chi connectivity index (χ4v) is 3.59. The van der Waals surface area contributed by atoms with E-state index in [-0.39, 0.29) is 5.91 Å². The van der Waals surface area contributed by atoms with Gasteiger partial charge in [-0.2, -0.15) is 4.98 Å². The van der Waals surface area contributed by atoms with Gasteiger partial charge in [0.2, 0.25) is 5.95 Å². The van der Waals surface area contributed by atoms with Crippen LogP contribution in [0.15, 0.2) is 47.1 Å². The zero-order valence-corrected chi connectivity index (χ0v) is 17.0. The number of nitrogens with zero attached hydrogens (tertiary/aromatic N) is 4. The molecule has 1 aromatic carbocycles. The smallest absolute Gasteiger partial charge is 0.289 e. The summed E-state index contributed by atoms with van der Waals surface area (Å²) in [6, 6.07) is 11.6. The standard InChI is InChI=1S/C22H25N5O2/c1-15-6-4-7-16(2)20(15)25-22-23-17(3)14-19(24-22)26-9-11-27(12-10-26)21(28)18-8-5-13-29-18/h4-8,13-14H,9-12H2,1-3H3,(H,23,24,25). The van der Waals surface area contributed by atoms with Crippen molar-refractivity contribution >= 4 is 23.4 Å². The number of carbonyl (C=O) groups excluding carboxylic acids is 1. The Morgan fingerprint density at radius 1 is 1.00 bits per heavy atom. The van der Waals surface area contributed by atoms with E-state index in [4.69, 9.17) is 9.40 Å². The highest BCUT2D eigenvalue weighted by molar-refractivity contribution is 5.91. The lowest BCUT2D eigenvalue weighted by molar-refractivity contribution is 0.0714. The van der Waals surface area contributed by atoms with E-state index >= 15 is 0 Å². The molecule has 1 aliphatic heterocycles. The summed E-state index contributed by atoms with van der Waals surface area (Å²) in [5.74, 6) is 1.78. The second-order valence-corrected chi connectivity index (χ2v) is 7.34. The lowest BCUT2D eigenvalue weighted by atomic mass is 10.1. The van der Waals surface area contributed by atoms with Crippen LogP contribution in [0.2, 0.25) is 0 Å². The molecule has 2 aromatic heterocycles. The van der Waals surface area contributed by atoms with E-state index in [1.165, 1.54) is 6.26 Å². The van der Waals surface area contributed by atoms with E-state index in [2.05, 4.69) is 41.2 Å². The molecule has 1 N–H and O–H groups in total. The molecule has 1 aliphatic rings. The Morgan fingerprint density at radius 3 is 2.38 bits per heavy atom. The number of furan rings is 1. The largest absolute Gasteiger partial charge is 0.459 e. The van der Waals surface area contributed by atoms with Gasteiger partial charge in [-0.3, -0.25) is 4.79 Å². The maximum absolute atomic E-state index is 12.5. The van der Waals surface area contributed by atoms with Crippen LogP contribution in [-0.2, 0) is 0 Å². The van der Waals surface area contributed by atoms with Gasteiger partial charge in [0, 0.05) is 43.6 Å². The number of para-hydroxylation sites is 1. The van der Waals surface area contributed by atoms with Crippen LogP contribution < -0.4 is 10.2 Å². The van der Waals surface area contributed by atoms with Gasteiger partial charge in [-0.15, -0.1) is 0 Å². The molecule has 0 saturated carbocycles. The lowest BCUT2D eigenvalue weighted by Crippen LogP contribution is -2.49. The van der Waals surface area contributed by atoms with Crippen LogP contribution in [0.4, 0.5) is 17.5 Å². The van der Waals surface area contributed by atoms with Crippen molar-refractivity contribution in [1.82, 2.24) is 14.9 Å². The fraction of sp³-hybridized carbons (Fsp3) is 0.318. The molecule has 7 heteroatoms. The summed E-state index contributed by atoms with van der Waals surface area (Å²) in [6.07, 6.45) is 1.53. The maximum Gasteiger partial charge on any atom is 0.289 e. The van der Waals surface area contributed by atoms with Crippen molar-refractivity contribution in [2.45, 2.75) is 20.8 Å². The average Bonchev–Trinajstić information content (AvgIpc) is 3.25. The van der Waals surface area contributed by atoms with Crippen molar-refractivity contribution < 1.29 is 9.21 Å². The molecular formula is C22H25N5O2. The fourth-order valence-electron chi connectivity index (χ4n) is 3.59. The highest BCUT2D eigenvalue weighted by Gasteiger charge is 2.24. The predicted molar refractivity (Wildman–Crippen MR) is 113 cm³/mol. The maximum atomic E-state index is 12.5. The number of piperazine rings is 1. The SMILES string of the molecule is Cc1cc(N2CCN(C(=O)c3ccco3)CC2)nc(Nc2c(C)cccc2C)n1. The van der Waals surface area contributed by atoms with Gasteiger partial charge in [-0.05, 0) is 44.0 Å². The van der Waals surface area contributed by atoms with Gasteiger partial charge in [0.25, 0.3) is 5.91 Å². The molecule has 0 bridgehead atoms. The Labute approximate surface area is 170 Å². The van der Waals surface area contributed by atoms with Crippen molar-refractivity contribution in [3.05, 3.63) is 65.2 Å². The van der Waals surface area contributed by atoms with Gasteiger partial charge in [0.1, 0.15) is 5.82 Å². The zero-order chi connectivity index (χ0) is 20.4. The first-order valence-electron chi connectivity index (χ1n) is 9.78. The number of amides is 1. The van der Waals surface area contributed by atoms with Crippen LogP contribution in [0.3, 0.4) is 0 Å². The lowest BCUT2D eigenvalue weighted by Gasteiger charge is -2.35. The summed E-state index contributed by atoms with van der Waals surface area (Å²) in [5, 5.41) is 3.38. The number of aromatic nitrogens is 2. The Morgan fingerprint density at radius 2 is 1.72 bits per heavy atom. The van der Waals surface area contributed by atoms with Gasteiger partial charge in [-0.1, -0.05) is 18.2 Å². The van der Waals surface area contributed by atoms with Crippen LogP contribution in [0.1, 0.15) is 27.4 Å². The molecule has 7 nitrogen and oxygen atoms in total. The number of nitrogens with one attached hydrogen (secondary N) is 1. The summed E-state index contributed by atoms with van der Waals surface area (Å²) in [4.78, 5) is 25.8. The molecule has 150 valence electrons. The number of aryl methyl sites for hydroxylation is 3. The Kier molecular flexibility index (Phi) is 5.20.